The lowest BCUT2D eigenvalue weighted by Gasteiger charge is -2.35. The van der Waals surface area contributed by atoms with Crippen molar-refractivity contribution in [3.63, 3.8) is 0 Å². The van der Waals surface area contributed by atoms with Crippen LogP contribution in [0.4, 0.5) is 11.9 Å². The number of Topliss-reactive ketones (excluding diaryl/α,β-unsaturated/α-hetero) is 1. The van der Waals surface area contributed by atoms with E-state index in [0.717, 1.165) is 16.8 Å². The molecule has 0 radical (unpaired) electrons. The number of phenolic OH excluding ortho intramolecular Hbond substituents is 1. The number of carbonyl (C=O) groups is 1. The van der Waals surface area contributed by atoms with Gasteiger partial charge in [0.1, 0.15) is 11.8 Å². The van der Waals surface area contributed by atoms with Crippen LogP contribution in [0.2, 0.25) is 0 Å². The van der Waals surface area contributed by atoms with Crippen LogP contribution < -0.4 is 20.5 Å². The van der Waals surface area contributed by atoms with Gasteiger partial charge < -0.3 is 25.6 Å². The standard InChI is InChI=1S/C23H23N5O4/c1-31-18-8-5-13(11-19(18)32-2)14-9-16-20(17(30)10-14)21(12-3-6-15(29)7-4-12)28-23(25-16)26-22(24)27-28/h3-8,11,14,21,29H,9-10H2,1-2H3,(H3,24,25,26,27)/t14-,21+/m0/s1. The summed E-state index contributed by atoms with van der Waals surface area (Å²) >= 11 is 0. The Hall–Kier alpha value is -4.01. The Balaban J connectivity index is 1.57. The van der Waals surface area contributed by atoms with Gasteiger partial charge in [0.2, 0.25) is 11.9 Å². The van der Waals surface area contributed by atoms with E-state index in [1.54, 1.807) is 43.2 Å². The van der Waals surface area contributed by atoms with Crippen LogP contribution in [0.15, 0.2) is 53.7 Å². The molecule has 0 amide bonds. The third-order valence-corrected chi connectivity index (χ3v) is 6.02. The molecule has 9 heteroatoms. The minimum absolute atomic E-state index is 0.0244. The highest BCUT2D eigenvalue weighted by Crippen LogP contribution is 2.45. The number of ether oxygens (including phenoxy) is 2. The minimum atomic E-state index is -0.467. The number of fused-ring (bicyclic) bond motifs is 1. The number of phenols is 1. The molecule has 0 saturated heterocycles. The van der Waals surface area contributed by atoms with Crippen LogP contribution in [0.3, 0.4) is 0 Å². The molecule has 5 rings (SSSR count). The van der Waals surface area contributed by atoms with Crippen molar-refractivity contribution in [2.75, 3.05) is 25.3 Å². The number of aromatic nitrogens is 3. The summed E-state index contributed by atoms with van der Waals surface area (Å²) in [6.45, 7) is 0. The molecule has 2 atom stereocenters. The van der Waals surface area contributed by atoms with E-state index < -0.39 is 6.04 Å². The van der Waals surface area contributed by atoms with Crippen molar-refractivity contribution in [2.45, 2.75) is 24.8 Å². The Morgan fingerprint density at radius 1 is 1.06 bits per heavy atom. The summed E-state index contributed by atoms with van der Waals surface area (Å²) < 4.78 is 12.4. The molecule has 0 saturated carbocycles. The SMILES string of the molecule is COc1ccc([C@@H]2CC(=O)C3=C(C2)Nc2nc(N)nn2[C@@H]3c2ccc(O)cc2)cc1OC. The van der Waals surface area contributed by atoms with Crippen LogP contribution in [-0.4, -0.2) is 39.9 Å². The van der Waals surface area contributed by atoms with Gasteiger partial charge in [0.05, 0.1) is 14.2 Å². The van der Waals surface area contributed by atoms with E-state index in [9.17, 15) is 9.90 Å². The number of benzene rings is 2. The molecule has 164 valence electrons. The average molecular weight is 433 g/mol. The van der Waals surface area contributed by atoms with E-state index in [1.165, 1.54) is 0 Å². The molecule has 2 aliphatic rings. The maximum absolute atomic E-state index is 13.5. The van der Waals surface area contributed by atoms with Crippen molar-refractivity contribution in [1.29, 1.82) is 0 Å². The molecule has 1 aliphatic heterocycles. The molecule has 32 heavy (non-hydrogen) atoms. The molecule has 2 heterocycles. The zero-order valence-electron chi connectivity index (χ0n) is 17.7. The third-order valence-electron chi connectivity index (χ3n) is 6.02. The number of hydrogen-bond donors (Lipinski definition) is 3. The van der Waals surface area contributed by atoms with Crippen LogP contribution in [0, 0.1) is 0 Å². The van der Waals surface area contributed by atoms with Crippen LogP contribution >= 0.6 is 0 Å². The second-order valence-electron chi connectivity index (χ2n) is 7.89. The first-order valence-electron chi connectivity index (χ1n) is 10.2. The van der Waals surface area contributed by atoms with Gasteiger partial charge in [-0.1, -0.05) is 18.2 Å². The molecule has 1 aliphatic carbocycles. The summed E-state index contributed by atoms with van der Waals surface area (Å²) in [5.41, 5.74) is 9.14. The maximum atomic E-state index is 13.5. The Bertz CT molecular complexity index is 1230. The monoisotopic (exact) mass is 433 g/mol. The Morgan fingerprint density at radius 2 is 1.78 bits per heavy atom. The van der Waals surface area contributed by atoms with E-state index >= 15 is 0 Å². The lowest BCUT2D eigenvalue weighted by atomic mass is 9.78. The third kappa shape index (κ3) is 3.22. The highest BCUT2D eigenvalue weighted by molar-refractivity contribution is 6.00. The molecule has 9 nitrogen and oxygen atoms in total. The Morgan fingerprint density at radius 3 is 2.50 bits per heavy atom. The molecular formula is C23H23N5O4. The van der Waals surface area contributed by atoms with Crippen LogP contribution in [-0.2, 0) is 4.79 Å². The number of hydrogen-bond acceptors (Lipinski definition) is 8. The van der Waals surface area contributed by atoms with Crippen LogP contribution in [0.25, 0.3) is 0 Å². The minimum Gasteiger partial charge on any atom is -0.508 e. The average Bonchev–Trinajstić information content (AvgIpc) is 3.17. The lowest BCUT2D eigenvalue weighted by Crippen LogP contribution is -2.33. The number of aromatic hydroxyl groups is 1. The van der Waals surface area contributed by atoms with Crippen molar-refractivity contribution in [3.8, 4) is 17.2 Å². The number of nitrogen functional groups attached to an aromatic ring is 1. The molecule has 0 spiro atoms. The topological polar surface area (TPSA) is 125 Å². The van der Waals surface area contributed by atoms with Crippen LogP contribution in [0.1, 0.15) is 35.9 Å². The van der Waals surface area contributed by atoms with E-state index in [4.69, 9.17) is 15.2 Å². The lowest BCUT2D eigenvalue weighted by molar-refractivity contribution is -0.116. The van der Waals surface area contributed by atoms with E-state index in [0.29, 0.717) is 35.9 Å². The van der Waals surface area contributed by atoms with Crippen molar-refractivity contribution in [3.05, 3.63) is 64.9 Å². The van der Waals surface area contributed by atoms with E-state index in [1.807, 2.05) is 18.2 Å². The predicted molar refractivity (Wildman–Crippen MR) is 118 cm³/mol. The summed E-state index contributed by atoms with van der Waals surface area (Å²) in [7, 11) is 3.19. The summed E-state index contributed by atoms with van der Waals surface area (Å²) in [5.74, 6) is 2.03. The Labute approximate surface area is 184 Å². The van der Waals surface area contributed by atoms with Crippen molar-refractivity contribution < 1.29 is 19.4 Å². The number of carbonyl (C=O) groups excluding carboxylic acids is 1. The number of nitrogens with two attached hydrogens (primary N) is 1. The van der Waals surface area contributed by atoms with Gasteiger partial charge in [-0.25, -0.2) is 4.68 Å². The molecule has 0 bridgehead atoms. The quantitative estimate of drug-likeness (QED) is 0.574. The number of anilines is 2. The van der Waals surface area contributed by atoms with Gasteiger partial charge in [0.25, 0.3) is 0 Å². The maximum Gasteiger partial charge on any atom is 0.241 e. The zero-order chi connectivity index (χ0) is 22.4. The van der Waals surface area contributed by atoms with Gasteiger partial charge in [0, 0.05) is 17.7 Å². The highest BCUT2D eigenvalue weighted by Gasteiger charge is 2.39. The number of allylic oxidation sites excluding steroid dienone is 2. The fraction of sp³-hybridized carbons (Fsp3) is 0.261. The van der Waals surface area contributed by atoms with Crippen molar-refractivity contribution >= 4 is 17.7 Å². The largest absolute Gasteiger partial charge is 0.508 e. The van der Waals surface area contributed by atoms with Gasteiger partial charge in [-0.05, 0) is 47.7 Å². The second-order valence-corrected chi connectivity index (χ2v) is 7.89. The molecule has 0 unspecified atom stereocenters. The second kappa shape index (κ2) is 7.60. The fourth-order valence-electron chi connectivity index (χ4n) is 4.54. The number of nitrogens with one attached hydrogen (secondary N) is 1. The normalized spacial score (nSPS) is 19.8. The van der Waals surface area contributed by atoms with Gasteiger partial charge in [-0.3, -0.25) is 4.79 Å². The van der Waals surface area contributed by atoms with Crippen molar-refractivity contribution in [2.24, 2.45) is 0 Å². The van der Waals surface area contributed by atoms with Gasteiger partial charge in [0.15, 0.2) is 17.3 Å². The first kappa shape index (κ1) is 19.9. The number of ketones is 1. The van der Waals surface area contributed by atoms with Gasteiger partial charge >= 0.3 is 0 Å². The number of rotatable bonds is 4. The fourth-order valence-corrected chi connectivity index (χ4v) is 4.54. The first-order chi connectivity index (χ1) is 15.5. The zero-order valence-corrected chi connectivity index (χ0v) is 17.7. The van der Waals surface area contributed by atoms with Crippen molar-refractivity contribution in [1.82, 2.24) is 14.8 Å². The summed E-state index contributed by atoms with van der Waals surface area (Å²) in [6.07, 6.45) is 0.974. The van der Waals surface area contributed by atoms with Gasteiger partial charge in [-0.15, -0.1) is 5.10 Å². The molecule has 2 aromatic carbocycles. The summed E-state index contributed by atoms with van der Waals surface area (Å²) in [5, 5.41) is 17.3. The van der Waals surface area contributed by atoms with E-state index in [-0.39, 0.29) is 23.4 Å². The molecule has 4 N–H and O–H groups in total. The Kier molecular flexibility index (Phi) is 4.73. The molecular weight excluding hydrogens is 410 g/mol. The molecule has 3 aromatic rings. The highest BCUT2D eigenvalue weighted by atomic mass is 16.5. The summed E-state index contributed by atoms with van der Waals surface area (Å²) in [6, 6.07) is 12.0. The first-order valence-corrected chi connectivity index (χ1v) is 10.2. The molecule has 0 fully saturated rings. The smallest absolute Gasteiger partial charge is 0.241 e. The molecule has 1 aromatic heterocycles. The van der Waals surface area contributed by atoms with Gasteiger partial charge in [-0.2, -0.15) is 4.98 Å². The van der Waals surface area contributed by atoms with E-state index in [2.05, 4.69) is 15.4 Å². The summed E-state index contributed by atoms with van der Waals surface area (Å²) in [4.78, 5) is 17.8. The predicted octanol–water partition coefficient (Wildman–Crippen LogP) is 3.00. The van der Waals surface area contributed by atoms with Crippen LogP contribution in [0.5, 0.6) is 17.2 Å². The number of methoxy groups -OCH3 is 2. The number of nitrogens with zero attached hydrogens (tertiary/aromatic N) is 3.